The zero-order valence-electron chi connectivity index (χ0n) is 9.81. The van der Waals surface area contributed by atoms with E-state index in [0.717, 1.165) is 24.6 Å². The lowest BCUT2D eigenvalue weighted by Crippen LogP contribution is -2.23. The molecule has 0 atom stereocenters. The van der Waals surface area contributed by atoms with Gasteiger partial charge < -0.3 is 9.88 Å². The molecule has 2 heterocycles. The van der Waals surface area contributed by atoms with E-state index in [1.54, 1.807) is 18.6 Å². The van der Waals surface area contributed by atoms with Gasteiger partial charge in [-0.3, -0.25) is 0 Å². The molecule has 0 aromatic carbocycles. The van der Waals surface area contributed by atoms with E-state index in [0.29, 0.717) is 11.0 Å². The number of hydrogen-bond acceptors (Lipinski definition) is 4. The third-order valence-electron chi connectivity index (χ3n) is 2.41. The average molecular weight is 252 g/mol. The Bertz CT molecular complexity index is 462. The van der Waals surface area contributed by atoms with Gasteiger partial charge in [0.2, 0.25) is 0 Å². The number of nitrogens with zero attached hydrogens (tertiary/aromatic N) is 4. The van der Waals surface area contributed by atoms with E-state index in [-0.39, 0.29) is 0 Å². The van der Waals surface area contributed by atoms with Gasteiger partial charge >= 0.3 is 0 Å². The van der Waals surface area contributed by atoms with Crippen molar-refractivity contribution in [1.29, 1.82) is 0 Å². The molecule has 0 bridgehead atoms. The van der Waals surface area contributed by atoms with Crippen LogP contribution in [0.5, 0.6) is 0 Å². The Balaban J connectivity index is 2.22. The molecule has 5 nitrogen and oxygen atoms in total. The summed E-state index contributed by atoms with van der Waals surface area (Å²) in [6.07, 6.45) is 3.47. The summed E-state index contributed by atoms with van der Waals surface area (Å²) in [6, 6.07) is 1.77. The van der Waals surface area contributed by atoms with Crippen molar-refractivity contribution >= 4 is 17.4 Å². The molecule has 1 N–H and O–H groups in total. The summed E-state index contributed by atoms with van der Waals surface area (Å²) in [5.41, 5.74) is 1.04. The van der Waals surface area contributed by atoms with Crippen LogP contribution in [0.25, 0.3) is 0 Å². The Labute approximate surface area is 105 Å². The molecule has 0 unspecified atom stereocenters. The monoisotopic (exact) mass is 251 g/mol. The minimum Gasteiger partial charge on any atom is -0.351 e. The number of anilines is 1. The highest BCUT2D eigenvalue weighted by Crippen LogP contribution is 2.17. The summed E-state index contributed by atoms with van der Waals surface area (Å²) in [6.45, 7) is 5.47. The highest BCUT2D eigenvalue weighted by molar-refractivity contribution is 6.29. The Kier molecular flexibility index (Phi) is 3.58. The van der Waals surface area contributed by atoms with Crippen LogP contribution in [-0.4, -0.2) is 26.5 Å². The van der Waals surface area contributed by atoms with Crippen molar-refractivity contribution in [3.8, 4) is 0 Å². The number of rotatable bonds is 4. The molecule has 0 amide bonds. The van der Waals surface area contributed by atoms with Crippen LogP contribution in [0.3, 0.4) is 0 Å². The maximum Gasteiger partial charge on any atom is 0.134 e. The standard InChI is InChI=1S/C11H14ClN5/c1-3-17(6-9-5-13-7-14-9)11-4-10(12)15-8(2)16-11/h4-5,7H,3,6H2,1-2H3,(H,13,14). The maximum absolute atomic E-state index is 5.94. The fourth-order valence-electron chi connectivity index (χ4n) is 1.61. The largest absolute Gasteiger partial charge is 0.351 e. The smallest absolute Gasteiger partial charge is 0.134 e. The zero-order valence-corrected chi connectivity index (χ0v) is 10.6. The molecular weight excluding hydrogens is 238 g/mol. The molecule has 0 radical (unpaired) electrons. The van der Waals surface area contributed by atoms with Crippen molar-refractivity contribution in [2.45, 2.75) is 20.4 Å². The highest BCUT2D eigenvalue weighted by atomic mass is 35.5. The average Bonchev–Trinajstić information content (AvgIpc) is 2.77. The lowest BCUT2D eigenvalue weighted by Gasteiger charge is -2.21. The van der Waals surface area contributed by atoms with Crippen LogP contribution >= 0.6 is 11.6 Å². The van der Waals surface area contributed by atoms with Gasteiger partial charge in [0.15, 0.2) is 0 Å². The molecule has 0 fully saturated rings. The Morgan fingerprint density at radius 2 is 2.24 bits per heavy atom. The molecule has 2 aromatic heterocycles. The van der Waals surface area contributed by atoms with Crippen molar-refractivity contribution < 1.29 is 0 Å². The molecule has 0 aliphatic rings. The van der Waals surface area contributed by atoms with Crippen molar-refractivity contribution in [3.05, 3.63) is 35.3 Å². The minimum atomic E-state index is 0.468. The first-order valence-corrected chi connectivity index (χ1v) is 5.80. The molecule has 2 rings (SSSR count). The molecule has 2 aromatic rings. The number of nitrogens with one attached hydrogen (secondary N) is 1. The lowest BCUT2D eigenvalue weighted by atomic mass is 10.4. The van der Waals surface area contributed by atoms with Gasteiger partial charge in [0.1, 0.15) is 16.8 Å². The molecule has 17 heavy (non-hydrogen) atoms. The molecule has 90 valence electrons. The summed E-state index contributed by atoms with van der Waals surface area (Å²) in [4.78, 5) is 17.6. The van der Waals surface area contributed by atoms with Crippen molar-refractivity contribution in [3.63, 3.8) is 0 Å². The number of aromatic amines is 1. The van der Waals surface area contributed by atoms with E-state index in [2.05, 4.69) is 31.8 Å². The lowest BCUT2D eigenvalue weighted by molar-refractivity contribution is 0.790. The van der Waals surface area contributed by atoms with Gasteiger partial charge in [-0.2, -0.15) is 0 Å². The summed E-state index contributed by atoms with van der Waals surface area (Å²) in [5.74, 6) is 1.51. The van der Waals surface area contributed by atoms with E-state index >= 15 is 0 Å². The Morgan fingerprint density at radius 1 is 1.41 bits per heavy atom. The number of aryl methyl sites for hydroxylation is 1. The van der Waals surface area contributed by atoms with Gasteiger partial charge in [0, 0.05) is 18.8 Å². The summed E-state index contributed by atoms with van der Waals surface area (Å²) in [7, 11) is 0. The normalized spacial score (nSPS) is 10.5. The van der Waals surface area contributed by atoms with Gasteiger partial charge in [-0.1, -0.05) is 11.6 Å². The van der Waals surface area contributed by atoms with E-state index < -0.39 is 0 Å². The topological polar surface area (TPSA) is 57.7 Å². The number of hydrogen-bond donors (Lipinski definition) is 1. The van der Waals surface area contributed by atoms with Crippen LogP contribution in [0.2, 0.25) is 5.15 Å². The minimum absolute atomic E-state index is 0.468. The van der Waals surface area contributed by atoms with Gasteiger partial charge in [-0.05, 0) is 13.8 Å². The summed E-state index contributed by atoms with van der Waals surface area (Å²) < 4.78 is 0. The predicted octanol–water partition coefficient (Wildman–Crippen LogP) is 2.19. The number of aromatic nitrogens is 4. The molecule has 6 heteroatoms. The van der Waals surface area contributed by atoms with Crippen LogP contribution in [0.4, 0.5) is 5.82 Å². The second kappa shape index (κ2) is 5.14. The first-order valence-electron chi connectivity index (χ1n) is 5.42. The molecule has 0 aliphatic carbocycles. The van der Waals surface area contributed by atoms with E-state index in [4.69, 9.17) is 11.6 Å². The van der Waals surface area contributed by atoms with E-state index in [1.165, 1.54) is 0 Å². The first kappa shape index (κ1) is 11.9. The van der Waals surface area contributed by atoms with Crippen LogP contribution < -0.4 is 4.90 Å². The van der Waals surface area contributed by atoms with Gasteiger partial charge in [-0.15, -0.1) is 0 Å². The van der Waals surface area contributed by atoms with Crippen molar-refractivity contribution in [2.24, 2.45) is 0 Å². The second-order valence-corrected chi connectivity index (χ2v) is 4.07. The fraction of sp³-hybridized carbons (Fsp3) is 0.364. The number of imidazole rings is 1. The van der Waals surface area contributed by atoms with Crippen LogP contribution in [0, 0.1) is 6.92 Å². The molecule has 0 aliphatic heterocycles. The Hall–Kier alpha value is -1.62. The molecule has 0 spiro atoms. The van der Waals surface area contributed by atoms with Crippen molar-refractivity contribution in [2.75, 3.05) is 11.4 Å². The molecule has 0 saturated heterocycles. The first-order chi connectivity index (χ1) is 8.19. The van der Waals surface area contributed by atoms with Gasteiger partial charge in [-0.25, -0.2) is 15.0 Å². The number of halogens is 1. The van der Waals surface area contributed by atoms with Gasteiger partial charge in [0.05, 0.1) is 18.6 Å². The van der Waals surface area contributed by atoms with Crippen molar-refractivity contribution in [1.82, 2.24) is 19.9 Å². The Morgan fingerprint density at radius 3 is 2.82 bits per heavy atom. The van der Waals surface area contributed by atoms with Crippen LogP contribution in [0.15, 0.2) is 18.6 Å². The zero-order chi connectivity index (χ0) is 12.3. The van der Waals surface area contributed by atoms with E-state index in [1.807, 2.05) is 6.92 Å². The third-order valence-corrected chi connectivity index (χ3v) is 2.61. The van der Waals surface area contributed by atoms with Crippen LogP contribution in [-0.2, 0) is 6.54 Å². The fourth-order valence-corrected chi connectivity index (χ4v) is 1.83. The quantitative estimate of drug-likeness (QED) is 0.847. The van der Waals surface area contributed by atoms with E-state index in [9.17, 15) is 0 Å². The predicted molar refractivity (Wildman–Crippen MR) is 67.1 cm³/mol. The highest BCUT2D eigenvalue weighted by Gasteiger charge is 2.09. The summed E-state index contributed by atoms with van der Waals surface area (Å²) in [5, 5.41) is 0.468. The SMILES string of the molecule is CCN(Cc1cnc[nH]1)c1cc(Cl)nc(C)n1. The molecule has 0 saturated carbocycles. The maximum atomic E-state index is 5.94. The molecular formula is C11H14ClN5. The number of H-pyrrole nitrogens is 1. The third kappa shape index (κ3) is 2.94. The second-order valence-electron chi connectivity index (χ2n) is 3.69. The summed E-state index contributed by atoms with van der Waals surface area (Å²) >= 11 is 5.94. The van der Waals surface area contributed by atoms with Crippen LogP contribution in [0.1, 0.15) is 18.4 Å². The van der Waals surface area contributed by atoms with Gasteiger partial charge in [0.25, 0.3) is 0 Å².